The Morgan fingerprint density at radius 2 is 1.37 bits per heavy atom. The first-order valence-corrected chi connectivity index (χ1v) is 6.32. The SMILES string of the molecule is CC.NC(=O)Cc1ccc(-c2ccc(O)cc2)cc1. The molecule has 2 aromatic rings. The van der Waals surface area contributed by atoms with E-state index >= 15 is 0 Å². The van der Waals surface area contributed by atoms with E-state index in [1.165, 1.54) is 0 Å². The molecule has 0 atom stereocenters. The zero-order chi connectivity index (χ0) is 14.3. The molecular weight excluding hydrogens is 238 g/mol. The number of hydrogen-bond acceptors (Lipinski definition) is 2. The maximum Gasteiger partial charge on any atom is 0.221 e. The third-order valence-corrected chi connectivity index (χ3v) is 2.53. The minimum Gasteiger partial charge on any atom is -0.508 e. The van der Waals surface area contributed by atoms with E-state index in [2.05, 4.69) is 0 Å². The fourth-order valence-electron chi connectivity index (χ4n) is 1.67. The molecule has 3 nitrogen and oxygen atoms in total. The van der Waals surface area contributed by atoms with Crippen LogP contribution in [0.25, 0.3) is 11.1 Å². The van der Waals surface area contributed by atoms with Gasteiger partial charge in [0.25, 0.3) is 0 Å². The Kier molecular flexibility index (Phi) is 5.61. The molecule has 0 saturated carbocycles. The number of aromatic hydroxyl groups is 1. The lowest BCUT2D eigenvalue weighted by atomic mass is 10.0. The van der Waals surface area contributed by atoms with Crippen molar-refractivity contribution in [2.75, 3.05) is 0 Å². The van der Waals surface area contributed by atoms with Crippen molar-refractivity contribution in [3.8, 4) is 16.9 Å². The Hall–Kier alpha value is -2.29. The molecule has 2 rings (SSSR count). The lowest BCUT2D eigenvalue weighted by Crippen LogP contribution is -2.13. The third-order valence-electron chi connectivity index (χ3n) is 2.53. The van der Waals surface area contributed by atoms with Gasteiger partial charge in [0.2, 0.25) is 5.91 Å². The van der Waals surface area contributed by atoms with Crippen LogP contribution < -0.4 is 5.73 Å². The first-order valence-electron chi connectivity index (χ1n) is 6.32. The summed E-state index contributed by atoms with van der Waals surface area (Å²) in [4.78, 5) is 10.8. The number of benzene rings is 2. The van der Waals surface area contributed by atoms with Gasteiger partial charge in [-0.25, -0.2) is 0 Å². The number of carbonyl (C=O) groups is 1. The number of amides is 1. The zero-order valence-electron chi connectivity index (χ0n) is 11.3. The highest BCUT2D eigenvalue weighted by atomic mass is 16.3. The lowest BCUT2D eigenvalue weighted by molar-refractivity contribution is -0.117. The fraction of sp³-hybridized carbons (Fsp3) is 0.188. The number of carbonyl (C=O) groups excluding carboxylic acids is 1. The minimum absolute atomic E-state index is 0.249. The molecule has 100 valence electrons. The summed E-state index contributed by atoms with van der Waals surface area (Å²) in [7, 11) is 0. The Labute approximate surface area is 113 Å². The monoisotopic (exact) mass is 257 g/mol. The highest BCUT2D eigenvalue weighted by molar-refractivity contribution is 5.77. The first-order chi connectivity index (χ1) is 9.15. The van der Waals surface area contributed by atoms with Crippen LogP contribution in [0.5, 0.6) is 5.75 Å². The van der Waals surface area contributed by atoms with Crippen molar-refractivity contribution in [2.24, 2.45) is 5.73 Å². The van der Waals surface area contributed by atoms with E-state index in [0.29, 0.717) is 0 Å². The Morgan fingerprint density at radius 3 is 1.79 bits per heavy atom. The summed E-state index contributed by atoms with van der Waals surface area (Å²) in [6, 6.07) is 14.6. The second-order valence-electron chi connectivity index (χ2n) is 3.89. The van der Waals surface area contributed by atoms with Crippen LogP contribution in [0.15, 0.2) is 48.5 Å². The summed E-state index contributed by atoms with van der Waals surface area (Å²) in [5.41, 5.74) is 8.09. The van der Waals surface area contributed by atoms with E-state index in [0.717, 1.165) is 16.7 Å². The van der Waals surface area contributed by atoms with Crippen molar-refractivity contribution in [2.45, 2.75) is 20.3 Å². The smallest absolute Gasteiger partial charge is 0.221 e. The molecule has 0 aromatic heterocycles. The fourth-order valence-corrected chi connectivity index (χ4v) is 1.67. The normalized spacial score (nSPS) is 9.37. The average molecular weight is 257 g/mol. The van der Waals surface area contributed by atoms with Crippen molar-refractivity contribution in [1.29, 1.82) is 0 Å². The molecule has 2 aromatic carbocycles. The van der Waals surface area contributed by atoms with Crippen LogP contribution in [0.4, 0.5) is 0 Å². The maximum absolute atomic E-state index is 10.8. The number of rotatable bonds is 3. The number of phenols is 1. The molecule has 0 saturated heterocycles. The molecule has 0 radical (unpaired) electrons. The predicted molar refractivity (Wildman–Crippen MR) is 77.8 cm³/mol. The quantitative estimate of drug-likeness (QED) is 0.887. The van der Waals surface area contributed by atoms with Gasteiger partial charge in [-0.3, -0.25) is 4.79 Å². The second kappa shape index (κ2) is 7.21. The molecule has 0 spiro atoms. The summed E-state index contributed by atoms with van der Waals surface area (Å²) < 4.78 is 0. The van der Waals surface area contributed by atoms with E-state index in [1.54, 1.807) is 12.1 Å². The molecule has 0 heterocycles. The molecule has 0 unspecified atom stereocenters. The molecule has 3 heteroatoms. The van der Waals surface area contributed by atoms with Crippen molar-refractivity contribution >= 4 is 5.91 Å². The molecular formula is C16H19NO2. The van der Waals surface area contributed by atoms with Crippen LogP contribution in [0, 0.1) is 0 Å². The van der Waals surface area contributed by atoms with Gasteiger partial charge in [0, 0.05) is 0 Å². The van der Waals surface area contributed by atoms with Crippen LogP contribution in [-0.2, 0) is 11.2 Å². The maximum atomic E-state index is 10.8. The molecule has 0 aliphatic heterocycles. The highest BCUT2D eigenvalue weighted by Gasteiger charge is 2.00. The Morgan fingerprint density at radius 1 is 0.947 bits per heavy atom. The van der Waals surface area contributed by atoms with Gasteiger partial charge >= 0.3 is 0 Å². The van der Waals surface area contributed by atoms with Crippen molar-refractivity contribution in [3.05, 3.63) is 54.1 Å². The highest BCUT2D eigenvalue weighted by Crippen LogP contribution is 2.22. The summed E-state index contributed by atoms with van der Waals surface area (Å²) in [6.45, 7) is 4.00. The average Bonchev–Trinajstić information content (AvgIpc) is 2.42. The largest absolute Gasteiger partial charge is 0.508 e. The van der Waals surface area contributed by atoms with Crippen LogP contribution >= 0.6 is 0 Å². The first kappa shape index (κ1) is 14.8. The Bertz CT molecular complexity index is 515. The standard InChI is InChI=1S/C14H13NO2.C2H6/c15-14(17)9-10-1-3-11(4-2-10)12-5-7-13(16)8-6-12;1-2/h1-8,16H,9H2,(H2,15,17);1-2H3. The van der Waals surface area contributed by atoms with Crippen LogP contribution in [0.1, 0.15) is 19.4 Å². The van der Waals surface area contributed by atoms with Gasteiger partial charge in [0.1, 0.15) is 5.75 Å². The van der Waals surface area contributed by atoms with Gasteiger partial charge in [-0.05, 0) is 28.8 Å². The summed E-state index contributed by atoms with van der Waals surface area (Å²) in [5.74, 6) is -0.0820. The molecule has 0 aliphatic rings. The van der Waals surface area contributed by atoms with Gasteiger partial charge < -0.3 is 10.8 Å². The summed E-state index contributed by atoms with van der Waals surface area (Å²) >= 11 is 0. The number of primary amides is 1. The third kappa shape index (κ3) is 4.47. The summed E-state index contributed by atoms with van der Waals surface area (Å²) in [5, 5.41) is 9.20. The van der Waals surface area contributed by atoms with E-state index < -0.39 is 0 Å². The second-order valence-corrected chi connectivity index (χ2v) is 3.89. The minimum atomic E-state index is -0.331. The number of phenolic OH excluding ortho intramolecular Hbond substituents is 1. The topological polar surface area (TPSA) is 63.3 Å². The van der Waals surface area contributed by atoms with Crippen molar-refractivity contribution < 1.29 is 9.90 Å². The molecule has 3 N–H and O–H groups in total. The molecule has 19 heavy (non-hydrogen) atoms. The molecule has 1 amide bonds. The molecule has 0 bridgehead atoms. The van der Waals surface area contributed by atoms with Gasteiger partial charge in [-0.2, -0.15) is 0 Å². The molecule has 0 aliphatic carbocycles. The van der Waals surface area contributed by atoms with E-state index in [4.69, 9.17) is 5.73 Å². The van der Waals surface area contributed by atoms with Gasteiger partial charge in [-0.15, -0.1) is 0 Å². The zero-order valence-corrected chi connectivity index (χ0v) is 11.3. The molecule has 0 fully saturated rings. The number of nitrogens with two attached hydrogens (primary N) is 1. The van der Waals surface area contributed by atoms with Crippen molar-refractivity contribution in [3.63, 3.8) is 0 Å². The van der Waals surface area contributed by atoms with E-state index in [9.17, 15) is 9.90 Å². The lowest BCUT2D eigenvalue weighted by Gasteiger charge is -2.03. The van der Waals surface area contributed by atoms with Crippen LogP contribution in [0.2, 0.25) is 0 Å². The number of hydrogen-bond donors (Lipinski definition) is 2. The van der Waals surface area contributed by atoms with Crippen molar-refractivity contribution in [1.82, 2.24) is 0 Å². The van der Waals surface area contributed by atoms with Gasteiger partial charge in [-0.1, -0.05) is 50.2 Å². The van der Waals surface area contributed by atoms with E-state index in [1.807, 2.05) is 50.2 Å². The predicted octanol–water partition coefficient (Wildman–Crippen LogP) is 3.11. The Balaban J connectivity index is 0.000000861. The van der Waals surface area contributed by atoms with Gasteiger partial charge in [0.05, 0.1) is 6.42 Å². The summed E-state index contributed by atoms with van der Waals surface area (Å²) in [6.07, 6.45) is 0.260. The van der Waals surface area contributed by atoms with E-state index in [-0.39, 0.29) is 18.1 Å². The van der Waals surface area contributed by atoms with Crippen LogP contribution in [0.3, 0.4) is 0 Å². The van der Waals surface area contributed by atoms with Gasteiger partial charge in [0.15, 0.2) is 0 Å². The van der Waals surface area contributed by atoms with Crippen LogP contribution in [-0.4, -0.2) is 11.0 Å².